The van der Waals surface area contributed by atoms with Gasteiger partial charge >= 0.3 is 0 Å². The van der Waals surface area contributed by atoms with Crippen LogP contribution in [0.3, 0.4) is 0 Å². The largest absolute Gasteiger partial charge is 0.357 e. The highest BCUT2D eigenvalue weighted by Crippen LogP contribution is 2.14. The molecule has 5 nitrogen and oxygen atoms in total. The van der Waals surface area contributed by atoms with Gasteiger partial charge in [-0.15, -0.1) is 0 Å². The average molecular weight is 258 g/mol. The summed E-state index contributed by atoms with van der Waals surface area (Å²) in [5.41, 5.74) is 0. The summed E-state index contributed by atoms with van der Waals surface area (Å²) in [7, 11) is -4.15. The Labute approximate surface area is 102 Å². The monoisotopic (exact) mass is 258 g/mol. The van der Waals surface area contributed by atoms with Crippen LogP contribution in [0.1, 0.15) is 26.7 Å². The summed E-state index contributed by atoms with van der Waals surface area (Å²) >= 11 is 0. The molecule has 6 heteroatoms. The fourth-order valence-electron chi connectivity index (χ4n) is 1.59. The zero-order valence-corrected chi connectivity index (χ0v) is 10.9. The molecule has 0 saturated heterocycles. The molecule has 1 heterocycles. The summed E-state index contributed by atoms with van der Waals surface area (Å²) in [4.78, 5) is 5.99. The molecular weight excluding hydrogens is 240 g/mol. The van der Waals surface area contributed by atoms with Crippen molar-refractivity contribution >= 4 is 15.9 Å². The van der Waals surface area contributed by atoms with Crippen molar-refractivity contribution in [2.75, 3.05) is 18.0 Å². The van der Waals surface area contributed by atoms with Crippen molar-refractivity contribution < 1.29 is 13.0 Å². The van der Waals surface area contributed by atoms with Gasteiger partial charge in [-0.1, -0.05) is 13.8 Å². The average Bonchev–Trinajstić information content (AvgIpc) is 2.28. The molecule has 17 heavy (non-hydrogen) atoms. The number of pyridine rings is 1. The van der Waals surface area contributed by atoms with Crippen molar-refractivity contribution in [1.29, 1.82) is 0 Å². The minimum absolute atomic E-state index is 0.172. The molecule has 0 aromatic carbocycles. The first-order valence-corrected chi connectivity index (χ1v) is 7.11. The Balaban J connectivity index is 2.91. The van der Waals surface area contributed by atoms with Gasteiger partial charge in [-0.05, 0) is 25.0 Å². The number of rotatable bonds is 6. The lowest BCUT2D eigenvalue weighted by atomic mass is 10.3. The van der Waals surface area contributed by atoms with Gasteiger partial charge < -0.3 is 4.90 Å². The first-order valence-electron chi connectivity index (χ1n) is 5.67. The molecule has 0 fully saturated rings. The van der Waals surface area contributed by atoms with E-state index < -0.39 is 10.1 Å². The number of hydrogen-bond donors (Lipinski definition) is 1. The third kappa shape index (κ3) is 3.98. The number of hydrogen-bond acceptors (Lipinski definition) is 4. The lowest BCUT2D eigenvalue weighted by molar-refractivity contribution is 0.483. The van der Waals surface area contributed by atoms with E-state index in [-0.39, 0.29) is 4.90 Å². The molecule has 1 N–H and O–H groups in total. The Bertz CT molecular complexity index is 436. The minimum Gasteiger partial charge on any atom is -0.357 e. The van der Waals surface area contributed by atoms with Crippen LogP contribution in [0.25, 0.3) is 0 Å². The maximum atomic E-state index is 10.9. The Kier molecular flexibility index (Phi) is 4.89. The maximum absolute atomic E-state index is 10.9. The standard InChI is InChI=1S/C11H18N2O3S/c1-3-7-13(8-4-2)11-6-5-10(9-12-11)17(14,15)16/h5-6,9H,3-4,7-8H2,1-2H3,(H,14,15,16). The summed E-state index contributed by atoms with van der Waals surface area (Å²) in [6.07, 6.45) is 3.19. The maximum Gasteiger partial charge on any atom is 0.296 e. The van der Waals surface area contributed by atoms with Gasteiger partial charge in [-0.2, -0.15) is 8.42 Å². The van der Waals surface area contributed by atoms with Crippen LogP contribution in [0.15, 0.2) is 23.2 Å². The molecule has 0 aliphatic heterocycles. The molecule has 0 aliphatic rings. The van der Waals surface area contributed by atoms with Crippen molar-refractivity contribution in [3.63, 3.8) is 0 Å². The molecule has 0 saturated carbocycles. The van der Waals surface area contributed by atoms with E-state index in [4.69, 9.17) is 4.55 Å². The van der Waals surface area contributed by atoms with Crippen LogP contribution in [0.5, 0.6) is 0 Å². The lowest BCUT2D eigenvalue weighted by Crippen LogP contribution is -2.25. The van der Waals surface area contributed by atoms with Gasteiger partial charge in [-0.3, -0.25) is 4.55 Å². The molecule has 1 rings (SSSR count). The molecule has 1 aromatic heterocycles. The molecule has 0 bridgehead atoms. The number of aromatic nitrogens is 1. The van der Waals surface area contributed by atoms with Gasteiger partial charge in [0.15, 0.2) is 0 Å². The van der Waals surface area contributed by atoms with Crippen LogP contribution >= 0.6 is 0 Å². The van der Waals surface area contributed by atoms with Crippen molar-refractivity contribution in [2.45, 2.75) is 31.6 Å². The first kappa shape index (κ1) is 13.9. The number of nitrogens with zero attached hydrogens (tertiary/aromatic N) is 2. The van der Waals surface area contributed by atoms with E-state index in [0.29, 0.717) is 0 Å². The SMILES string of the molecule is CCCN(CCC)c1ccc(S(=O)(=O)O)cn1. The van der Waals surface area contributed by atoms with Crippen LogP contribution in [-0.2, 0) is 10.1 Å². The van der Waals surface area contributed by atoms with Gasteiger partial charge in [0.25, 0.3) is 10.1 Å². The second-order valence-electron chi connectivity index (χ2n) is 3.81. The molecule has 96 valence electrons. The Morgan fingerprint density at radius 2 is 1.82 bits per heavy atom. The van der Waals surface area contributed by atoms with Crippen LogP contribution in [0.4, 0.5) is 5.82 Å². The van der Waals surface area contributed by atoms with E-state index in [1.54, 1.807) is 6.07 Å². The lowest BCUT2D eigenvalue weighted by Gasteiger charge is -2.22. The van der Waals surface area contributed by atoms with Gasteiger partial charge in [0.1, 0.15) is 10.7 Å². The quantitative estimate of drug-likeness (QED) is 0.790. The zero-order valence-electron chi connectivity index (χ0n) is 10.1. The van der Waals surface area contributed by atoms with Gasteiger partial charge in [-0.25, -0.2) is 4.98 Å². The highest BCUT2D eigenvalue weighted by molar-refractivity contribution is 7.85. The van der Waals surface area contributed by atoms with Crippen molar-refractivity contribution in [2.24, 2.45) is 0 Å². The highest BCUT2D eigenvalue weighted by Gasteiger charge is 2.11. The molecular formula is C11H18N2O3S. The zero-order chi connectivity index (χ0) is 12.9. The number of anilines is 1. The van der Waals surface area contributed by atoms with Crippen LogP contribution in [-0.4, -0.2) is 31.0 Å². The van der Waals surface area contributed by atoms with Crippen molar-refractivity contribution in [1.82, 2.24) is 4.98 Å². The van der Waals surface area contributed by atoms with Crippen LogP contribution in [0, 0.1) is 0 Å². The molecule has 0 atom stereocenters. The third-order valence-corrected chi connectivity index (χ3v) is 3.17. The highest BCUT2D eigenvalue weighted by atomic mass is 32.2. The molecule has 0 unspecified atom stereocenters. The molecule has 0 spiro atoms. The molecule has 0 aliphatic carbocycles. The normalized spacial score (nSPS) is 11.5. The van der Waals surface area contributed by atoms with E-state index in [1.165, 1.54) is 12.3 Å². The second kappa shape index (κ2) is 5.97. The van der Waals surface area contributed by atoms with E-state index in [9.17, 15) is 8.42 Å². The second-order valence-corrected chi connectivity index (χ2v) is 5.24. The van der Waals surface area contributed by atoms with Crippen molar-refractivity contribution in [3.05, 3.63) is 18.3 Å². The first-order chi connectivity index (χ1) is 7.99. The third-order valence-electron chi connectivity index (χ3n) is 2.33. The molecule has 1 aromatic rings. The molecule has 0 amide bonds. The van der Waals surface area contributed by atoms with E-state index >= 15 is 0 Å². The van der Waals surface area contributed by atoms with E-state index in [2.05, 4.69) is 23.7 Å². The van der Waals surface area contributed by atoms with Gasteiger partial charge in [0, 0.05) is 13.1 Å². The molecule has 0 radical (unpaired) electrons. The van der Waals surface area contributed by atoms with Gasteiger partial charge in [0.05, 0.1) is 6.20 Å². The van der Waals surface area contributed by atoms with Crippen molar-refractivity contribution in [3.8, 4) is 0 Å². The Morgan fingerprint density at radius 3 is 2.18 bits per heavy atom. The fourth-order valence-corrected chi connectivity index (χ4v) is 2.02. The summed E-state index contributed by atoms with van der Waals surface area (Å²) in [5, 5.41) is 0. The predicted molar refractivity (Wildman–Crippen MR) is 66.8 cm³/mol. The summed E-state index contributed by atoms with van der Waals surface area (Å²) in [6, 6.07) is 2.99. The summed E-state index contributed by atoms with van der Waals surface area (Å²) in [5.74, 6) is 0.737. The fraction of sp³-hybridized carbons (Fsp3) is 0.545. The van der Waals surface area contributed by atoms with Gasteiger partial charge in [0.2, 0.25) is 0 Å². The smallest absolute Gasteiger partial charge is 0.296 e. The van der Waals surface area contributed by atoms with Crippen LogP contribution < -0.4 is 4.90 Å². The van der Waals surface area contributed by atoms with E-state index in [1.807, 2.05) is 0 Å². The Hall–Kier alpha value is -1.14. The summed E-state index contributed by atoms with van der Waals surface area (Å²) < 4.78 is 30.6. The summed E-state index contributed by atoms with van der Waals surface area (Å²) in [6.45, 7) is 5.92. The Morgan fingerprint density at radius 1 is 1.24 bits per heavy atom. The van der Waals surface area contributed by atoms with E-state index in [0.717, 1.165) is 31.7 Å². The van der Waals surface area contributed by atoms with Crippen LogP contribution in [0.2, 0.25) is 0 Å². The minimum atomic E-state index is -4.15. The predicted octanol–water partition coefficient (Wildman–Crippen LogP) is 1.95. The topological polar surface area (TPSA) is 70.5 Å².